The van der Waals surface area contributed by atoms with Crippen molar-refractivity contribution in [2.24, 2.45) is 5.41 Å². The first-order valence-corrected chi connectivity index (χ1v) is 10.3. The van der Waals surface area contributed by atoms with Gasteiger partial charge in [-0.1, -0.05) is 19.3 Å². The first kappa shape index (κ1) is 17.9. The molecule has 0 aromatic carbocycles. The molecule has 2 atom stereocenters. The predicted molar refractivity (Wildman–Crippen MR) is 103 cm³/mol. The topological polar surface area (TPSA) is 60.5 Å². The molecule has 0 radical (unpaired) electrons. The van der Waals surface area contributed by atoms with Gasteiger partial charge in [-0.3, -0.25) is 4.79 Å². The number of anilines is 1. The molecule has 1 amide bonds. The molecule has 2 aromatic heterocycles. The van der Waals surface area contributed by atoms with Crippen LogP contribution >= 0.6 is 11.3 Å². The lowest BCUT2D eigenvalue weighted by molar-refractivity contribution is -0.239. The third kappa shape index (κ3) is 2.84. The van der Waals surface area contributed by atoms with E-state index in [2.05, 4.69) is 10.3 Å². The third-order valence-electron chi connectivity index (χ3n) is 6.06. The van der Waals surface area contributed by atoms with Gasteiger partial charge in [-0.15, -0.1) is 11.3 Å². The van der Waals surface area contributed by atoms with Crippen molar-refractivity contribution in [3.05, 3.63) is 23.7 Å². The van der Waals surface area contributed by atoms with Gasteiger partial charge in [0.25, 0.3) is 0 Å². The van der Waals surface area contributed by atoms with Gasteiger partial charge in [-0.2, -0.15) is 0 Å². The van der Waals surface area contributed by atoms with Crippen molar-refractivity contribution >= 4 is 33.1 Å². The molecule has 0 unspecified atom stereocenters. The van der Waals surface area contributed by atoms with E-state index in [9.17, 15) is 4.79 Å². The number of pyridine rings is 1. The lowest BCUT2D eigenvalue weighted by atomic mass is 9.67. The lowest BCUT2D eigenvalue weighted by Gasteiger charge is -2.46. The number of fused-ring (bicyclic) bond motifs is 1. The van der Waals surface area contributed by atoms with Gasteiger partial charge in [0.15, 0.2) is 5.79 Å². The van der Waals surface area contributed by atoms with Gasteiger partial charge in [0, 0.05) is 5.39 Å². The summed E-state index contributed by atoms with van der Waals surface area (Å²) in [7, 11) is 0. The zero-order chi connectivity index (χ0) is 18.4. The number of carbonyl (C=O) groups excluding carboxylic acids is 1. The number of nitrogens with zero attached hydrogens (tertiary/aromatic N) is 1. The van der Waals surface area contributed by atoms with Crippen molar-refractivity contribution in [1.29, 1.82) is 0 Å². The Morgan fingerprint density at radius 1 is 1.23 bits per heavy atom. The van der Waals surface area contributed by atoms with Gasteiger partial charge in [0.2, 0.25) is 5.91 Å². The Balaban J connectivity index is 1.64. The molecule has 1 saturated heterocycles. The van der Waals surface area contributed by atoms with E-state index in [-0.39, 0.29) is 18.1 Å². The largest absolute Gasteiger partial charge is 0.343 e. The minimum atomic E-state index is -0.893. The lowest BCUT2D eigenvalue weighted by Crippen LogP contribution is -2.55. The summed E-state index contributed by atoms with van der Waals surface area (Å²) in [6, 6.07) is 4.00. The van der Waals surface area contributed by atoms with Crippen LogP contribution in [0.1, 0.15) is 52.9 Å². The molecule has 6 heteroatoms. The van der Waals surface area contributed by atoms with E-state index in [1.807, 2.05) is 38.3 Å². The molecule has 4 rings (SSSR count). The van der Waals surface area contributed by atoms with E-state index in [1.165, 1.54) is 0 Å². The zero-order valence-corrected chi connectivity index (χ0v) is 16.4. The minimum absolute atomic E-state index is 0.0163. The number of ether oxygens (including phenoxy) is 2. The molecule has 140 valence electrons. The van der Waals surface area contributed by atoms with Crippen LogP contribution < -0.4 is 5.32 Å². The Morgan fingerprint density at radius 3 is 2.62 bits per heavy atom. The number of rotatable bonds is 3. The summed E-state index contributed by atoms with van der Waals surface area (Å²) in [6.45, 7) is 5.97. The normalized spacial score (nSPS) is 27.5. The molecule has 5 nitrogen and oxygen atoms in total. The molecule has 2 fully saturated rings. The summed E-state index contributed by atoms with van der Waals surface area (Å²) in [5.41, 5.74) is 0.0574. The second kappa shape index (κ2) is 6.59. The molecule has 0 spiro atoms. The number of aromatic nitrogens is 1. The van der Waals surface area contributed by atoms with E-state index < -0.39 is 11.2 Å². The number of thiophene rings is 1. The van der Waals surface area contributed by atoms with Crippen LogP contribution in [-0.2, 0) is 14.3 Å². The molecular weight excluding hydrogens is 348 g/mol. The molecule has 3 heterocycles. The Labute approximate surface area is 158 Å². The fraction of sp³-hybridized carbons (Fsp3) is 0.600. The van der Waals surface area contributed by atoms with E-state index >= 15 is 0 Å². The molecule has 1 saturated carbocycles. The van der Waals surface area contributed by atoms with Gasteiger partial charge in [-0.25, -0.2) is 4.98 Å². The molecule has 26 heavy (non-hydrogen) atoms. The quantitative estimate of drug-likeness (QED) is 0.844. The zero-order valence-electron chi connectivity index (χ0n) is 15.6. The Bertz CT molecular complexity index is 802. The number of amides is 1. The summed E-state index contributed by atoms with van der Waals surface area (Å²) >= 11 is 1.60. The highest BCUT2D eigenvalue weighted by Gasteiger charge is 2.60. The average Bonchev–Trinajstić information content (AvgIpc) is 3.19. The van der Waals surface area contributed by atoms with Crippen LogP contribution in [0.15, 0.2) is 23.7 Å². The van der Waals surface area contributed by atoms with Crippen LogP contribution in [0, 0.1) is 5.41 Å². The second-order valence-electron chi connectivity index (χ2n) is 7.73. The highest BCUT2D eigenvalue weighted by atomic mass is 32.1. The van der Waals surface area contributed by atoms with E-state index in [4.69, 9.17) is 9.47 Å². The monoisotopic (exact) mass is 374 g/mol. The maximum Gasteiger partial charge on any atom is 0.236 e. The molecule has 1 N–H and O–H groups in total. The van der Waals surface area contributed by atoms with Crippen LogP contribution in [0.4, 0.5) is 5.69 Å². The van der Waals surface area contributed by atoms with Crippen LogP contribution in [-0.4, -0.2) is 28.9 Å². The summed E-state index contributed by atoms with van der Waals surface area (Å²) in [4.78, 5) is 18.9. The SMILES string of the molecule is C[C@@H]1OC(C)(C2(C(=O)Nc3cnc4sccc4c3)CCCCC2)O[C@H]1C. The highest BCUT2D eigenvalue weighted by molar-refractivity contribution is 7.16. The highest BCUT2D eigenvalue weighted by Crippen LogP contribution is 2.51. The Kier molecular flexibility index (Phi) is 4.53. The molecule has 0 bridgehead atoms. The van der Waals surface area contributed by atoms with Gasteiger partial charge < -0.3 is 14.8 Å². The Hall–Kier alpha value is -1.50. The molecule has 2 aromatic rings. The van der Waals surface area contributed by atoms with Crippen molar-refractivity contribution in [2.75, 3.05) is 5.32 Å². The van der Waals surface area contributed by atoms with Crippen LogP contribution in [0.5, 0.6) is 0 Å². The standard InChI is InChI=1S/C20H26N2O3S/c1-13-14(2)25-19(3,24-13)20(8-5-4-6-9-20)18(23)22-16-11-15-7-10-26-17(15)21-12-16/h7,10-14H,4-6,8-9H2,1-3H3,(H,22,23)/t13-,14-/m0/s1. The first-order valence-electron chi connectivity index (χ1n) is 9.44. The number of carbonyl (C=O) groups is 1. The van der Waals surface area contributed by atoms with Gasteiger partial charge in [0.1, 0.15) is 10.2 Å². The van der Waals surface area contributed by atoms with Crippen molar-refractivity contribution in [3.8, 4) is 0 Å². The Morgan fingerprint density at radius 2 is 1.92 bits per heavy atom. The predicted octanol–water partition coefficient (Wildman–Crippen LogP) is 4.73. The van der Waals surface area contributed by atoms with E-state index in [0.717, 1.165) is 48.0 Å². The van der Waals surface area contributed by atoms with Crippen LogP contribution in [0.2, 0.25) is 0 Å². The molecule has 1 aliphatic carbocycles. The molecule has 1 aliphatic heterocycles. The van der Waals surface area contributed by atoms with E-state index in [0.29, 0.717) is 0 Å². The number of hydrogen-bond acceptors (Lipinski definition) is 5. The van der Waals surface area contributed by atoms with Crippen molar-refractivity contribution in [3.63, 3.8) is 0 Å². The van der Waals surface area contributed by atoms with Crippen molar-refractivity contribution in [2.45, 2.75) is 70.9 Å². The molecular formula is C20H26N2O3S. The first-order chi connectivity index (χ1) is 12.4. The van der Waals surface area contributed by atoms with E-state index in [1.54, 1.807) is 17.5 Å². The van der Waals surface area contributed by atoms with Crippen LogP contribution in [0.25, 0.3) is 10.2 Å². The average molecular weight is 375 g/mol. The third-order valence-corrected chi connectivity index (χ3v) is 6.89. The summed E-state index contributed by atoms with van der Waals surface area (Å²) in [6.07, 6.45) is 6.44. The summed E-state index contributed by atoms with van der Waals surface area (Å²) in [5, 5.41) is 6.17. The van der Waals surface area contributed by atoms with Gasteiger partial charge in [0.05, 0.1) is 24.1 Å². The fourth-order valence-corrected chi connectivity index (χ4v) is 5.10. The number of hydrogen-bond donors (Lipinski definition) is 1. The minimum Gasteiger partial charge on any atom is -0.343 e. The summed E-state index contributed by atoms with van der Waals surface area (Å²) in [5.74, 6) is -0.909. The molecule has 2 aliphatic rings. The van der Waals surface area contributed by atoms with Gasteiger partial charge >= 0.3 is 0 Å². The van der Waals surface area contributed by atoms with Crippen molar-refractivity contribution < 1.29 is 14.3 Å². The fourth-order valence-electron chi connectivity index (χ4n) is 4.38. The smallest absolute Gasteiger partial charge is 0.236 e. The maximum absolute atomic E-state index is 13.5. The van der Waals surface area contributed by atoms with Gasteiger partial charge in [-0.05, 0) is 51.1 Å². The van der Waals surface area contributed by atoms with Crippen molar-refractivity contribution in [1.82, 2.24) is 4.98 Å². The maximum atomic E-state index is 13.5. The number of nitrogens with one attached hydrogen (secondary N) is 1. The summed E-state index contributed by atoms with van der Waals surface area (Å²) < 4.78 is 12.4. The van der Waals surface area contributed by atoms with Crippen LogP contribution in [0.3, 0.4) is 0 Å². The second-order valence-corrected chi connectivity index (χ2v) is 8.62.